The van der Waals surface area contributed by atoms with E-state index in [1.54, 1.807) is 30.7 Å². The molecule has 10 heteroatoms. The molecule has 1 fully saturated rings. The number of hydrogen-bond acceptors (Lipinski definition) is 9. The molecule has 0 aliphatic carbocycles. The maximum absolute atomic E-state index is 11.0. The molecule has 3 atom stereocenters. The van der Waals surface area contributed by atoms with Crippen molar-refractivity contribution in [2.45, 2.75) is 38.1 Å². The van der Waals surface area contributed by atoms with Crippen molar-refractivity contribution in [1.82, 2.24) is 29.3 Å². The molecule has 0 amide bonds. The van der Waals surface area contributed by atoms with Gasteiger partial charge in [0, 0.05) is 35.9 Å². The van der Waals surface area contributed by atoms with Crippen molar-refractivity contribution >= 4 is 17.2 Å². The second-order valence-electron chi connectivity index (χ2n) is 6.57. The molecular weight excluding hydrogens is 366 g/mol. The minimum absolute atomic E-state index is 0.0879. The molecule has 0 bridgehead atoms. The molecule has 3 unspecified atom stereocenters. The highest BCUT2D eigenvalue weighted by molar-refractivity contribution is 7.04. The van der Waals surface area contributed by atoms with Crippen LogP contribution in [-0.2, 0) is 0 Å². The Morgan fingerprint density at radius 2 is 2.11 bits per heavy atom. The molecule has 4 heterocycles. The Morgan fingerprint density at radius 1 is 1.30 bits per heavy atom. The monoisotopic (exact) mass is 387 g/mol. The topological polar surface area (TPSA) is 115 Å². The minimum Gasteiger partial charge on any atom is -0.473 e. The summed E-state index contributed by atoms with van der Waals surface area (Å²) in [5.74, 6) is 0.499. The molecule has 3 aromatic rings. The van der Waals surface area contributed by atoms with Crippen LogP contribution >= 0.6 is 11.5 Å². The molecule has 1 aliphatic heterocycles. The van der Waals surface area contributed by atoms with E-state index in [0.717, 1.165) is 12.8 Å². The highest BCUT2D eigenvalue weighted by Gasteiger charge is 2.34. The van der Waals surface area contributed by atoms with Crippen LogP contribution in [0.15, 0.2) is 36.1 Å². The van der Waals surface area contributed by atoms with Crippen LogP contribution in [0.25, 0.3) is 5.69 Å². The largest absolute Gasteiger partial charge is 0.473 e. The second-order valence-corrected chi connectivity index (χ2v) is 7.20. The van der Waals surface area contributed by atoms with E-state index in [9.17, 15) is 5.11 Å². The summed E-state index contributed by atoms with van der Waals surface area (Å²) in [6.07, 6.45) is 5.64. The van der Waals surface area contributed by atoms with Gasteiger partial charge in [-0.3, -0.25) is 4.90 Å². The first-order valence-electron chi connectivity index (χ1n) is 8.75. The van der Waals surface area contributed by atoms with Crippen molar-refractivity contribution in [3.8, 4) is 11.6 Å². The van der Waals surface area contributed by atoms with Gasteiger partial charge in [-0.2, -0.15) is 14.6 Å². The molecule has 0 radical (unpaired) electrons. The normalized spacial score (nSPS) is 21.9. The van der Waals surface area contributed by atoms with E-state index in [1.807, 2.05) is 10.3 Å². The zero-order valence-corrected chi connectivity index (χ0v) is 15.7. The number of aliphatic hydroxyl groups is 1. The van der Waals surface area contributed by atoms with E-state index in [2.05, 4.69) is 26.5 Å². The van der Waals surface area contributed by atoms with Gasteiger partial charge in [-0.25, -0.2) is 4.98 Å². The van der Waals surface area contributed by atoms with Gasteiger partial charge in [0.2, 0.25) is 5.88 Å². The predicted molar refractivity (Wildman–Crippen MR) is 100 cm³/mol. The van der Waals surface area contributed by atoms with Gasteiger partial charge in [0.05, 0.1) is 12.4 Å². The van der Waals surface area contributed by atoms with Gasteiger partial charge in [-0.15, -0.1) is 4.80 Å². The summed E-state index contributed by atoms with van der Waals surface area (Å²) >= 11 is 1.27. The fourth-order valence-electron chi connectivity index (χ4n) is 3.26. The van der Waals surface area contributed by atoms with Crippen LogP contribution in [0.5, 0.6) is 5.88 Å². The number of rotatable bonds is 5. The van der Waals surface area contributed by atoms with Gasteiger partial charge in [0.15, 0.2) is 6.23 Å². The number of aliphatic hydroxyl groups excluding tert-OH is 1. The molecule has 9 nitrogen and oxygen atoms in total. The van der Waals surface area contributed by atoms with Gasteiger partial charge in [-0.1, -0.05) is 0 Å². The van der Waals surface area contributed by atoms with Crippen molar-refractivity contribution < 1.29 is 9.84 Å². The Balaban J connectivity index is 1.51. The number of likely N-dealkylation sites (tertiary alicyclic amines) is 1. The fourth-order valence-corrected chi connectivity index (χ4v) is 3.93. The number of nitrogen functional groups attached to an aromatic ring is 1. The van der Waals surface area contributed by atoms with E-state index in [4.69, 9.17) is 10.5 Å². The van der Waals surface area contributed by atoms with Gasteiger partial charge in [0.25, 0.3) is 0 Å². The molecule has 142 valence electrons. The highest BCUT2D eigenvalue weighted by atomic mass is 32.1. The molecule has 1 saturated heterocycles. The van der Waals surface area contributed by atoms with Crippen molar-refractivity contribution in [3.05, 3.63) is 41.8 Å². The first-order valence-corrected chi connectivity index (χ1v) is 9.58. The lowest BCUT2D eigenvalue weighted by Crippen LogP contribution is -2.48. The molecule has 3 aromatic heterocycles. The first kappa shape index (κ1) is 17.8. The van der Waals surface area contributed by atoms with Crippen LogP contribution in [-0.4, -0.2) is 53.0 Å². The molecule has 4 rings (SSSR count). The molecule has 3 N–H and O–H groups in total. The zero-order valence-electron chi connectivity index (χ0n) is 14.8. The summed E-state index contributed by atoms with van der Waals surface area (Å²) in [6, 6.07) is 3.62. The quantitative estimate of drug-likeness (QED) is 0.679. The highest BCUT2D eigenvalue weighted by Crippen LogP contribution is 2.31. The Bertz CT molecular complexity index is 885. The third-order valence-electron chi connectivity index (χ3n) is 4.70. The summed E-state index contributed by atoms with van der Waals surface area (Å²) in [7, 11) is 0. The Morgan fingerprint density at radius 3 is 2.89 bits per heavy atom. The maximum Gasteiger partial charge on any atom is 0.215 e. The maximum atomic E-state index is 11.0. The van der Waals surface area contributed by atoms with Crippen molar-refractivity contribution in [1.29, 1.82) is 0 Å². The lowest BCUT2D eigenvalue weighted by molar-refractivity contribution is -0.0686. The van der Waals surface area contributed by atoms with E-state index in [0.29, 0.717) is 29.5 Å². The van der Waals surface area contributed by atoms with Gasteiger partial charge < -0.3 is 15.6 Å². The Hall–Kier alpha value is -2.56. The fraction of sp³-hybridized carbons (Fsp3) is 0.412. The standard InChI is InChI=1S/C17H21N7O2S/c1-11-2-3-13(26-15-8-12(18)4-5-19-15)9-23(11)17(25)16-14(10-27-22-16)24-20-6-7-21-24/h4-8,10-11,13,17,25H,2-3,9H2,1H3,(H2,18,19). The SMILES string of the molecule is CC1CCC(Oc2cc(N)ccn2)CN1C(O)c1nscc1-n1nccn1. The molecule has 1 aliphatic rings. The first-order chi connectivity index (χ1) is 13.1. The van der Waals surface area contributed by atoms with Gasteiger partial charge >= 0.3 is 0 Å². The molecule has 0 saturated carbocycles. The minimum atomic E-state index is -0.868. The van der Waals surface area contributed by atoms with E-state index in [-0.39, 0.29) is 12.1 Å². The predicted octanol–water partition coefficient (Wildman–Crippen LogP) is 1.62. The summed E-state index contributed by atoms with van der Waals surface area (Å²) in [5, 5.41) is 21.1. The van der Waals surface area contributed by atoms with E-state index in [1.165, 1.54) is 16.3 Å². The summed E-state index contributed by atoms with van der Waals surface area (Å²) in [4.78, 5) is 7.67. The lowest BCUT2D eigenvalue weighted by Gasteiger charge is -2.40. The van der Waals surface area contributed by atoms with Crippen LogP contribution in [0.1, 0.15) is 31.7 Å². The summed E-state index contributed by atoms with van der Waals surface area (Å²) < 4.78 is 10.4. The van der Waals surface area contributed by atoms with Gasteiger partial charge in [-0.05, 0) is 37.4 Å². The lowest BCUT2D eigenvalue weighted by atomic mass is 10.0. The Kier molecular flexibility index (Phi) is 5.01. The van der Waals surface area contributed by atoms with Crippen molar-refractivity contribution in [2.24, 2.45) is 0 Å². The van der Waals surface area contributed by atoms with E-state index < -0.39 is 6.23 Å². The average Bonchev–Trinajstić information content (AvgIpc) is 3.34. The van der Waals surface area contributed by atoms with Crippen molar-refractivity contribution in [3.63, 3.8) is 0 Å². The second kappa shape index (κ2) is 7.59. The third kappa shape index (κ3) is 3.77. The molecule has 27 heavy (non-hydrogen) atoms. The van der Waals surface area contributed by atoms with Crippen LogP contribution in [0, 0.1) is 0 Å². The number of anilines is 1. The summed E-state index contributed by atoms with van der Waals surface area (Å²) in [5.41, 5.74) is 7.64. The van der Waals surface area contributed by atoms with Gasteiger partial charge in [0.1, 0.15) is 17.5 Å². The van der Waals surface area contributed by atoms with Crippen molar-refractivity contribution in [2.75, 3.05) is 12.3 Å². The smallest absolute Gasteiger partial charge is 0.215 e. The molecule has 0 aromatic carbocycles. The number of aromatic nitrogens is 5. The zero-order chi connectivity index (χ0) is 18.8. The number of pyridine rings is 1. The Labute approximate surface area is 160 Å². The van der Waals surface area contributed by atoms with Crippen LogP contribution in [0.2, 0.25) is 0 Å². The number of hydrogen-bond donors (Lipinski definition) is 2. The molecular formula is C17H21N7O2S. The summed E-state index contributed by atoms with van der Waals surface area (Å²) in [6.45, 7) is 2.65. The number of piperidine rings is 1. The van der Waals surface area contributed by atoms with Crippen LogP contribution in [0.3, 0.4) is 0 Å². The number of nitrogens with zero attached hydrogens (tertiary/aromatic N) is 6. The average molecular weight is 387 g/mol. The molecule has 0 spiro atoms. The number of ether oxygens (including phenoxy) is 1. The van der Waals surface area contributed by atoms with Crippen LogP contribution < -0.4 is 10.5 Å². The van der Waals surface area contributed by atoms with E-state index >= 15 is 0 Å². The number of nitrogens with two attached hydrogens (primary N) is 1. The third-order valence-corrected chi connectivity index (χ3v) is 5.33. The van der Waals surface area contributed by atoms with Crippen LogP contribution in [0.4, 0.5) is 5.69 Å².